The molecule has 1 fully saturated rings. The van der Waals surface area contributed by atoms with Crippen LogP contribution in [0.3, 0.4) is 0 Å². The van der Waals surface area contributed by atoms with E-state index in [1.54, 1.807) is 0 Å². The maximum absolute atomic E-state index is 13.0. The molecule has 0 aromatic heterocycles. The lowest BCUT2D eigenvalue weighted by atomic mass is 10.0. The van der Waals surface area contributed by atoms with Crippen molar-refractivity contribution in [1.29, 1.82) is 0 Å². The monoisotopic (exact) mass is 373 g/mol. The summed E-state index contributed by atoms with van der Waals surface area (Å²) in [4.78, 5) is 29.7. The van der Waals surface area contributed by atoms with E-state index in [9.17, 15) is 9.59 Å². The van der Waals surface area contributed by atoms with Crippen LogP contribution in [0.2, 0.25) is 0 Å². The van der Waals surface area contributed by atoms with Crippen molar-refractivity contribution in [1.82, 2.24) is 15.1 Å². The zero-order valence-electron chi connectivity index (χ0n) is 17.5. The minimum atomic E-state index is -0.396. The third-order valence-electron chi connectivity index (χ3n) is 4.97. The minimum Gasteiger partial charge on any atom is -0.353 e. The molecule has 1 aromatic rings. The molecule has 150 valence electrons. The Bertz CT molecular complexity index is 632. The van der Waals surface area contributed by atoms with Gasteiger partial charge in [-0.2, -0.15) is 0 Å². The van der Waals surface area contributed by atoms with Crippen molar-refractivity contribution >= 4 is 11.8 Å². The van der Waals surface area contributed by atoms with Crippen molar-refractivity contribution in [3.8, 4) is 0 Å². The maximum atomic E-state index is 13.0. The Morgan fingerprint density at radius 3 is 2.41 bits per heavy atom. The first-order valence-corrected chi connectivity index (χ1v) is 10.1. The van der Waals surface area contributed by atoms with E-state index in [2.05, 4.69) is 57.0 Å². The van der Waals surface area contributed by atoms with Gasteiger partial charge >= 0.3 is 0 Å². The summed E-state index contributed by atoms with van der Waals surface area (Å²) in [5, 5.41) is 2.94. The third-order valence-corrected chi connectivity index (χ3v) is 4.97. The second-order valence-electron chi connectivity index (χ2n) is 8.49. The number of carbonyl (C=O) groups excluding carboxylic acids is 2. The molecule has 2 amide bonds. The van der Waals surface area contributed by atoms with Crippen molar-refractivity contribution in [2.75, 3.05) is 26.2 Å². The molecular weight excluding hydrogens is 338 g/mol. The topological polar surface area (TPSA) is 52.7 Å². The number of hydrogen-bond donors (Lipinski definition) is 1. The zero-order valence-corrected chi connectivity index (χ0v) is 17.5. The molecule has 1 N–H and O–H groups in total. The molecule has 1 atom stereocenters. The normalized spacial score (nSPS) is 18.0. The van der Waals surface area contributed by atoms with Gasteiger partial charge in [0.25, 0.3) is 0 Å². The summed E-state index contributed by atoms with van der Waals surface area (Å²) >= 11 is 0. The predicted octanol–water partition coefficient (Wildman–Crippen LogP) is 2.83. The molecule has 5 nitrogen and oxygen atoms in total. The van der Waals surface area contributed by atoms with E-state index >= 15 is 0 Å². The van der Waals surface area contributed by atoms with Gasteiger partial charge in [-0.05, 0) is 29.9 Å². The lowest BCUT2D eigenvalue weighted by molar-refractivity contribution is -0.139. The van der Waals surface area contributed by atoms with E-state index in [1.807, 2.05) is 17.0 Å². The fraction of sp³-hybridized carbons (Fsp3) is 0.636. The Kier molecular flexibility index (Phi) is 7.84. The highest BCUT2D eigenvalue weighted by molar-refractivity contribution is 5.88. The van der Waals surface area contributed by atoms with Gasteiger partial charge in [0.05, 0.1) is 12.5 Å². The number of aryl methyl sites for hydroxylation is 1. The van der Waals surface area contributed by atoms with Crippen molar-refractivity contribution < 1.29 is 9.59 Å². The van der Waals surface area contributed by atoms with Gasteiger partial charge in [0, 0.05) is 32.7 Å². The van der Waals surface area contributed by atoms with Gasteiger partial charge in [0.1, 0.15) is 0 Å². The van der Waals surface area contributed by atoms with Crippen molar-refractivity contribution in [2.24, 2.45) is 11.8 Å². The van der Waals surface area contributed by atoms with Gasteiger partial charge in [-0.25, -0.2) is 0 Å². The van der Waals surface area contributed by atoms with Crippen LogP contribution in [-0.4, -0.2) is 53.8 Å². The largest absolute Gasteiger partial charge is 0.353 e. The summed E-state index contributed by atoms with van der Waals surface area (Å²) in [5.74, 6) is 0.873. The number of benzene rings is 1. The van der Waals surface area contributed by atoms with Gasteiger partial charge < -0.3 is 10.2 Å². The van der Waals surface area contributed by atoms with Crippen LogP contribution in [0.15, 0.2) is 24.3 Å². The number of rotatable bonds is 8. The second-order valence-corrected chi connectivity index (χ2v) is 8.49. The minimum absolute atomic E-state index is 0.0303. The summed E-state index contributed by atoms with van der Waals surface area (Å²) in [7, 11) is 0. The Morgan fingerprint density at radius 2 is 1.81 bits per heavy atom. The molecule has 1 heterocycles. The number of piperazine rings is 1. The molecule has 1 saturated heterocycles. The first kappa shape index (κ1) is 21.4. The molecule has 0 saturated carbocycles. The van der Waals surface area contributed by atoms with Gasteiger partial charge in [-0.1, -0.05) is 52.0 Å². The SMILES string of the molecule is Cc1ccccc1CN1CCNC(=O)C1CC(=O)N(CC(C)C)CC(C)C. The van der Waals surface area contributed by atoms with Crippen LogP contribution in [0.4, 0.5) is 0 Å². The maximum Gasteiger partial charge on any atom is 0.237 e. The van der Waals surface area contributed by atoms with Crippen molar-refractivity contribution in [3.05, 3.63) is 35.4 Å². The average molecular weight is 374 g/mol. The fourth-order valence-electron chi connectivity index (χ4n) is 3.63. The van der Waals surface area contributed by atoms with E-state index in [1.165, 1.54) is 11.1 Å². The molecule has 27 heavy (non-hydrogen) atoms. The summed E-state index contributed by atoms with van der Waals surface area (Å²) in [6, 6.07) is 7.85. The first-order valence-electron chi connectivity index (χ1n) is 10.1. The number of hydrogen-bond acceptors (Lipinski definition) is 3. The summed E-state index contributed by atoms with van der Waals surface area (Å²) in [5.41, 5.74) is 2.43. The van der Waals surface area contributed by atoms with Crippen LogP contribution in [0, 0.1) is 18.8 Å². The van der Waals surface area contributed by atoms with Gasteiger partial charge in [-0.15, -0.1) is 0 Å². The van der Waals surface area contributed by atoms with Crippen LogP contribution >= 0.6 is 0 Å². The van der Waals surface area contributed by atoms with Crippen molar-refractivity contribution in [2.45, 2.75) is 53.6 Å². The molecule has 1 aromatic carbocycles. The fourth-order valence-corrected chi connectivity index (χ4v) is 3.63. The molecule has 0 aliphatic carbocycles. The Hall–Kier alpha value is -1.88. The summed E-state index contributed by atoms with van der Waals surface area (Å²) in [6.07, 6.45) is 0.247. The van der Waals surface area contributed by atoms with E-state index in [0.29, 0.717) is 24.9 Å². The lowest BCUT2D eigenvalue weighted by Crippen LogP contribution is -2.56. The molecule has 1 aliphatic heterocycles. The zero-order chi connectivity index (χ0) is 20.0. The van der Waals surface area contributed by atoms with Crippen LogP contribution in [0.5, 0.6) is 0 Å². The number of amides is 2. The van der Waals surface area contributed by atoms with Gasteiger partial charge in [0.15, 0.2) is 0 Å². The highest BCUT2D eigenvalue weighted by atomic mass is 16.2. The van der Waals surface area contributed by atoms with Crippen LogP contribution in [-0.2, 0) is 16.1 Å². The number of nitrogens with one attached hydrogen (secondary N) is 1. The standard InChI is InChI=1S/C22H35N3O2/c1-16(2)13-25(14-17(3)4)21(26)12-20-22(27)23-10-11-24(20)15-19-9-7-6-8-18(19)5/h6-9,16-17,20H,10-15H2,1-5H3,(H,23,27). The Balaban J connectivity index is 2.12. The molecule has 0 bridgehead atoms. The smallest absolute Gasteiger partial charge is 0.237 e. The molecule has 5 heteroatoms. The van der Waals surface area contributed by atoms with E-state index < -0.39 is 6.04 Å². The van der Waals surface area contributed by atoms with E-state index in [0.717, 1.165) is 19.6 Å². The molecule has 0 spiro atoms. The third kappa shape index (κ3) is 6.35. The Morgan fingerprint density at radius 1 is 1.19 bits per heavy atom. The summed E-state index contributed by atoms with van der Waals surface area (Å²) < 4.78 is 0. The molecule has 2 rings (SSSR count). The molecular formula is C22H35N3O2. The van der Waals surface area contributed by atoms with Crippen LogP contribution < -0.4 is 5.32 Å². The van der Waals surface area contributed by atoms with Crippen molar-refractivity contribution in [3.63, 3.8) is 0 Å². The lowest BCUT2D eigenvalue weighted by Gasteiger charge is -2.36. The van der Waals surface area contributed by atoms with Gasteiger partial charge in [0.2, 0.25) is 11.8 Å². The molecule has 1 aliphatic rings. The van der Waals surface area contributed by atoms with E-state index in [4.69, 9.17) is 0 Å². The second kappa shape index (κ2) is 9.88. The first-order chi connectivity index (χ1) is 12.8. The van der Waals surface area contributed by atoms with Crippen LogP contribution in [0.25, 0.3) is 0 Å². The average Bonchev–Trinajstić information content (AvgIpc) is 2.58. The highest BCUT2D eigenvalue weighted by Gasteiger charge is 2.33. The predicted molar refractivity (Wildman–Crippen MR) is 109 cm³/mol. The van der Waals surface area contributed by atoms with Gasteiger partial charge in [-0.3, -0.25) is 14.5 Å². The number of nitrogens with zero attached hydrogens (tertiary/aromatic N) is 2. The van der Waals surface area contributed by atoms with Crippen LogP contribution in [0.1, 0.15) is 45.2 Å². The number of carbonyl (C=O) groups is 2. The Labute approximate surface area is 164 Å². The quantitative estimate of drug-likeness (QED) is 0.762. The molecule has 1 unspecified atom stereocenters. The highest BCUT2D eigenvalue weighted by Crippen LogP contribution is 2.18. The molecule has 0 radical (unpaired) electrons. The summed E-state index contributed by atoms with van der Waals surface area (Å²) in [6.45, 7) is 14.2. The van der Waals surface area contributed by atoms with E-state index in [-0.39, 0.29) is 18.2 Å².